The predicted molar refractivity (Wildman–Crippen MR) is 52.1 cm³/mol. The lowest BCUT2D eigenvalue weighted by Crippen LogP contribution is -1.96. The summed E-state index contributed by atoms with van der Waals surface area (Å²) < 4.78 is 17.1. The zero-order chi connectivity index (χ0) is 10.4. The van der Waals surface area contributed by atoms with E-state index < -0.39 is 0 Å². The van der Waals surface area contributed by atoms with E-state index in [4.69, 9.17) is 0 Å². The lowest BCUT2D eigenvalue weighted by Gasteiger charge is -1.94. The van der Waals surface area contributed by atoms with Crippen LogP contribution in [0.5, 0.6) is 0 Å². The minimum atomic E-state index is -0.308. The molecule has 0 amide bonds. The highest BCUT2D eigenvalue weighted by Crippen LogP contribution is 2.05. The van der Waals surface area contributed by atoms with Crippen LogP contribution >= 0.6 is 0 Å². The lowest BCUT2D eigenvalue weighted by molar-refractivity contribution is -0.139. The number of hydrogen-bond donors (Lipinski definition) is 0. The molecule has 0 heterocycles. The maximum absolute atomic E-state index is 12.7. The van der Waals surface area contributed by atoms with Gasteiger partial charge in [-0.25, -0.2) is 4.39 Å². The third-order valence-corrected chi connectivity index (χ3v) is 1.67. The van der Waals surface area contributed by atoms with Crippen molar-refractivity contribution in [1.29, 1.82) is 0 Å². The third-order valence-electron chi connectivity index (χ3n) is 1.67. The standard InChI is InChI=1S/C11H11FO2/c1-14-11(13)7-3-5-9-4-2-6-10(12)8-9/h2-6,8H,7H2,1H3/b5-3-. The molecule has 0 fully saturated rings. The monoisotopic (exact) mass is 194 g/mol. The minimum Gasteiger partial charge on any atom is -0.469 e. The summed E-state index contributed by atoms with van der Waals surface area (Å²) in [5.74, 6) is -0.595. The Labute approximate surface area is 82.0 Å². The second-order valence-corrected chi connectivity index (χ2v) is 2.74. The number of rotatable bonds is 3. The Hall–Kier alpha value is -1.64. The largest absolute Gasteiger partial charge is 0.469 e. The first-order chi connectivity index (χ1) is 6.72. The molecule has 2 nitrogen and oxygen atoms in total. The molecule has 0 spiro atoms. The number of carbonyl (C=O) groups excluding carboxylic acids is 1. The van der Waals surface area contributed by atoms with Crippen molar-refractivity contribution in [3.8, 4) is 0 Å². The van der Waals surface area contributed by atoms with E-state index >= 15 is 0 Å². The number of halogens is 1. The highest BCUT2D eigenvalue weighted by Gasteiger charge is 1.94. The molecule has 3 heteroatoms. The number of hydrogen-bond acceptors (Lipinski definition) is 2. The normalized spacial score (nSPS) is 10.4. The van der Waals surface area contributed by atoms with E-state index in [1.807, 2.05) is 0 Å². The smallest absolute Gasteiger partial charge is 0.309 e. The summed E-state index contributed by atoms with van der Waals surface area (Å²) in [5.41, 5.74) is 0.730. The van der Waals surface area contributed by atoms with E-state index in [0.717, 1.165) is 5.56 Å². The predicted octanol–water partition coefficient (Wildman–Crippen LogP) is 2.40. The van der Waals surface area contributed by atoms with Gasteiger partial charge in [0.05, 0.1) is 13.5 Å². The molecule has 0 atom stereocenters. The first kappa shape index (κ1) is 10.4. The van der Waals surface area contributed by atoms with Crippen LogP contribution in [-0.2, 0) is 9.53 Å². The van der Waals surface area contributed by atoms with Crippen LogP contribution in [0.2, 0.25) is 0 Å². The van der Waals surface area contributed by atoms with Crippen LogP contribution in [-0.4, -0.2) is 13.1 Å². The Morgan fingerprint density at radius 3 is 3.00 bits per heavy atom. The van der Waals surface area contributed by atoms with Gasteiger partial charge in [-0.1, -0.05) is 24.3 Å². The van der Waals surface area contributed by atoms with Crippen molar-refractivity contribution in [2.24, 2.45) is 0 Å². The third kappa shape index (κ3) is 3.39. The molecular formula is C11H11FO2. The van der Waals surface area contributed by atoms with E-state index in [9.17, 15) is 9.18 Å². The fraction of sp³-hybridized carbons (Fsp3) is 0.182. The number of ether oxygens (including phenoxy) is 1. The van der Waals surface area contributed by atoms with Crippen LogP contribution in [0.15, 0.2) is 30.3 Å². The highest BCUT2D eigenvalue weighted by molar-refractivity contribution is 5.72. The van der Waals surface area contributed by atoms with Gasteiger partial charge in [-0.2, -0.15) is 0 Å². The molecule has 0 aliphatic heterocycles. The summed E-state index contributed by atoms with van der Waals surface area (Å²) in [7, 11) is 1.33. The maximum atomic E-state index is 12.7. The molecule has 0 saturated heterocycles. The Kier molecular flexibility index (Phi) is 3.85. The molecule has 0 N–H and O–H groups in total. The van der Waals surface area contributed by atoms with Crippen molar-refractivity contribution in [3.05, 3.63) is 41.7 Å². The second kappa shape index (κ2) is 5.17. The van der Waals surface area contributed by atoms with Crippen molar-refractivity contribution in [3.63, 3.8) is 0 Å². The number of carbonyl (C=O) groups is 1. The number of methoxy groups -OCH3 is 1. The van der Waals surface area contributed by atoms with Crippen LogP contribution in [0.4, 0.5) is 4.39 Å². The van der Waals surface area contributed by atoms with Crippen LogP contribution in [0.25, 0.3) is 6.08 Å². The SMILES string of the molecule is COC(=O)C/C=C\c1cccc(F)c1. The first-order valence-electron chi connectivity index (χ1n) is 4.21. The van der Waals surface area contributed by atoms with Gasteiger partial charge in [-0.05, 0) is 17.7 Å². The van der Waals surface area contributed by atoms with Crippen LogP contribution in [0, 0.1) is 5.82 Å². The fourth-order valence-corrected chi connectivity index (χ4v) is 0.985. The minimum absolute atomic E-state index is 0.201. The highest BCUT2D eigenvalue weighted by atomic mass is 19.1. The van der Waals surface area contributed by atoms with E-state index in [2.05, 4.69) is 4.74 Å². The average Bonchev–Trinajstić information content (AvgIpc) is 2.17. The molecule has 0 unspecified atom stereocenters. The number of esters is 1. The molecule has 14 heavy (non-hydrogen) atoms. The fourth-order valence-electron chi connectivity index (χ4n) is 0.985. The Bertz CT molecular complexity index is 345. The van der Waals surface area contributed by atoms with Gasteiger partial charge >= 0.3 is 5.97 Å². The zero-order valence-corrected chi connectivity index (χ0v) is 7.87. The summed E-state index contributed by atoms with van der Waals surface area (Å²) in [6, 6.07) is 6.15. The van der Waals surface area contributed by atoms with Crippen molar-refractivity contribution >= 4 is 12.0 Å². The van der Waals surface area contributed by atoms with Gasteiger partial charge in [0.1, 0.15) is 5.82 Å². The second-order valence-electron chi connectivity index (χ2n) is 2.74. The molecule has 1 aromatic rings. The Morgan fingerprint density at radius 2 is 2.36 bits per heavy atom. The Balaban J connectivity index is 2.56. The summed E-state index contributed by atoms with van der Waals surface area (Å²) >= 11 is 0. The average molecular weight is 194 g/mol. The maximum Gasteiger partial charge on any atom is 0.309 e. The zero-order valence-electron chi connectivity index (χ0n) is 7.87. The molecule has 1 aromatic carbocycles. The van der Waals surface area contributed by atoms with E-state index in [1.54, 1.807) is 24.3 Å². The van der Waals surface area contributed by atoms with Gasteiger partial charge in [0.15, 0.2) is 0 Å². The van der Waals surface area contributed by atoms with Gasteiger partial charge in [-0.15, -0.1) is 0 Å². The van der Waals surface area contributed by atoms with Gasteiger partial charge in [0, 0.05) is 0 Å². The molecule has 0 bridgehead atoms. The molecular weight excluding hydrogens is 183 g/mol. The van der Waals surface area contributed by atoms with Crippen LogP contribution < -0.4 is 0 Å². The van der Waals surface area contributed by atoms with E-state index in [1.165, 1.54) is 19.2 Å². The molecule has 0 aliphatic rings. The summed E-state index contributed by atoms with van der Waals surface area (Å²) in [6.45, 7) is 0. The number of benzene rings is 1. The van der Waals surface area contributed by atoms with Gasteiger partial charge in [0.2, 0.25) is 0 Å². The van der Waals surface area contributed by atoms with Crippen LogP contribution in [0.3, 0.4) is 0 Å². The summed E-state index contributed by atoms with van der Waals surface area (Å²) in [4.78, 5) is 10.7. The van der Waals surface area contributed by atoms with Gasteiger partial charge in [-0.3, -0.25) is 4.79 Å². The van der Waals surface area contributed by atoms with Crippen molar-refractivity contribution in [2.75, 3.05) is 7.11 Å². The molecule has 1 rings (SSSR count). The van der Waals surface area contributed by atoms with Crippen molar-refractivity contribution in [2.45, 2.75) is 6.42 Å². The molecule has 74 valence electrons. The van der Waals surface area contributed by atoms with Crippen LogP contribution in [0.1, 0.15) is 12.0 Å². The van der Waals surface area contributed by atoms with Gasteiger partial charge in [0.25, 0.3) is 0 Å². The molecule has 0 radical (unpaired) electrons. The molecule has 0 aliphatic carbocycles. The molecule has 0 saturated carbocycles. The van der Waals surface area contributed by atoms with Crippen molar-refractivity contribution < 1.29 is 13.9 Å². The summed E-state index contributed by atoms with van der Waals surface area (Å²) in [5, 5.41) is 0. The lowest BCUT2D eigenvalue weighted by atomic mass is 10.2. The first-order valence-corrected chi connectivity index (χ1v) is 4.21. The van der Waals surface area contributed by atoms with E-state index in [-0.39, 0.29) is 18.2 Å². The summed E-state index contributed by atoms with van der Waals surface area (Å²) in [6.07, 6.45) is 3.52. The Morgan fingerprint density at radius 1 is 1.57 bits per heavy atom. The topological polar surface area (TPSA) is 26.3 Å². The van der Waals surface area contributed by atoms with Gasteiger partial charge < -0.3 is 4.74 Å². The van der Waals surface area contributed by atoms with E-state index in [0.29, 0.717) is 0 Å². The molecule has 0 aromatic heterocycles. The van der Waals surface area contributed by atoms with Crippen molar-refractivity contribution in [1.82, 2.24) is 0 Å². The quantitative estimate of drug-likeness (QED) is 0.690.